The summed E-state index contributed by atoms with van der Waals surface area (Å²) in [5, 5.41) is 3.82. The van der Waals surface area contributed by atoms with Crippen molar-refractivity contribution in [1.82, 2.24) is 10.2 Å². The van der Waals surface area contributed by atoms with Gasteiger partial charge in [0.15, 0.2) is 0 Å². The molecule has 0 aliphatic carbocycles. The summed E-state index contributed by atoms with van der Waals surface area (Å²) in [4.78, 5) is 27.4. The Morgan fingerprint density at radius 1 is 1.10 bits per heavy atom. The van der Waals surface area contributed by atoms with Gasteiger partial charge in [0, 0.05) is 18.8 Å². The number of hydrogen-bond acceptors (Lipinski definition) is 3. The third-order valence-electron chi connectivity index (χ3n) is 4.91. The molecule has 168 valence electrons. The number of hydrogen-bond donors (Lipinski definition) is 1. The molecule has 0 fully saturated rings. The Labute approximate surface area is 199 Å². The van der Waals surface area contributed by atoms with Gasteiger partial charge in [-0.3, -0.25) is 9.59 Å². The number of benzene rings is 2. The topological polar surface area (TPSA) is 49.4 Å². The lowest BCUT2D eigenvalue weighted by Crippen LogP contribution is -2.48. The SMILES string of the molecule is CCCCNC(=O)[C@H](C)N(Cc1ccc(Cl)c(Cl)c1)C(=O)CSCc1cccc(C)c1. The van der Waals surface area contributed by atoms with Crippen molar-refractivity contribution in [3.05, 3.63) is 69.2 Å². The van der Waals surface area contributed by atoms with Gasteiger partial charge in [0.1, 0.15) is 6.04 Å². The van der Waals surface area contributed by atoms with E-state index >= 15 is 0 Å². The maximum absolute atomic E-state index is 13.1. The summed E-state index contributed by atoms with van der Waals surface area (Å²) in [6, 6.07) is 12.9. The Bertz CT molecular complexity index is 892. The summed E-state index contributed by atoms with van der Waals surface area (Å²) < 4.78 is 0. The van der Waals surface area contributed by atoms with Crippen LogP contribution in [0.15, 0.2) is 42.5 Å². The Kier molecular flexibility index (Phi) is 10.7. The molecule has 0 saturated carbocycles. The summed E-state index contributed by atoms with van der Waals surface area (Å²) in [7, 11) is 0. The Morgan fingerprint density at radius 2 is 1.87 bits per heavy atom. The fourth-order valence-electron chi connectivity index (χ4n) is 3.09. The van der Waals surface area contributed by atoms with Crippen LogP contribution in [0, 0.1) is 6.92 Å². The zero-order valence-electron chi connectivity index (χ0n) is 18.3. The number of thioether (sulfide) groups is 1. The van der Waals surface area contributed by atoms with Crippen LogP contribution in [0.5, 0.6) is 0 Å². The quantitative estimate of drug-likeness (QED) is 0.409. The first-order valence-corrected chi connectivity index (χ1v) is 12.4. The highest BCUT2D eigenvalue weighted by Crippen LogP contribution is 2.24. The van der Waals surface area contributed by atoms with Gasteiger partial charge in [-0.15, -0.1) is 11.8 Å². The third-order valence-corrected chi connectivity index (χ3v) is 6.64. The monoisotopic (exact) mass is 480 g/mol. The number of carbonyl (C=O) groups excluding carboxylic acids is 2. The molecule has 0 radical (unpaired) electrons. The van der Waals surface area contributed by atoms with Crippen LogP contribution in [0.4, 0.5) is 0 Å². The molecule has 1 N–H and O–H groups in total. The van der Waals surface area contributed by atoms with E-state index in [2.05, 4.69) is 37.4 Å². The molecular formula is C24H30Cl2N2O2S. The normalized spacial score (nSPS) is 11.8. The summed E-state index contributed by atoms with van der Waals surface area (Å²) in [5.41, 5.74) is 3.21. The molecule has 0 aromatic heterocycles. The fraction of sp³-hybridized carbons (Fsp3) is 0.417. The Balaban J connectivity index is 2.07. The van der Waals surface area contributed by atoms with E-state index < -0.39 is 6.04 Å². The van der Waals surface area contributed by atoms with Gasteiger partial charge >= 0.3 is 0 Å². The van der Waals surface area contributed by atoms with Crippen LogP contribution < -0.4 is 5.32 Å². The first kappa shape index (κ1) is 25.6. The molecular weight excluding hydrogens is 451 g/mol. The maximum atomic E-state index is 13.1. The van der Waals surface area contributed by atoms with Gasteiger partial charge < -0.3 is 10.2 Å². The number of amides is 2. The van der Waals surface area contributed by atoms with Crippen LogP contribution in [0.1, 0.15) is 43.4 Å². The smallest absolute Gasteiger partial charge is 0.242 e. The average molecular weight is 481 g/mol. The van der Waals surface area contributed by atoms with Crippen LogP contribution >= 0.6 is 35.0 Å². The van der Waals surface area contributed by atoms with Crippen LogP contribution in [-0.4, -0.2) is 35.1 Å². The molecule has 0 aliphatic heterocycles. The van der Waals surface area contributed by atoms with Crippen LogP contribution in [0.2, 0.25) is 10.0 Å². The van der Waals surface area contributed by atoms with Crippen molar-refractivity contribution in [1.29, 1.82) is 0 Å². The van der Waals surface area contributed by atoms with Crippen molar-refractivity contribution in [3.8, 4) is 0 Å². The molecule has 2 rings (SSSR count). The van der Waals surface area contributed by atoms with Gasteiger partial charge in [0.2, 0.25) is 11.8 Å². The van der Waals surface area contributed by atoms with Gasteiger partial charge in [-0.25, -0.2) is 0 Å². The predicted octanol–water partition coefficient (Wildman–Crippen LogP) is 5.87. The molecule has 0 spiro atoms. The van der Waals surface area contributed by atoms with Gasteiger partial charge in [-0.05, 0) is 43.5 Å². The summed E-state index contributed by atoms with van der Waals surface area (Å²) in [6.07, 6.45) is 1.90. The van der Waals surface area contributed by atoms with E-state index in [-0.39, 0.29) is 11.8 Å². The van der Waals surface area contributed by atoms with Crippen molar-refractivity contribution in [2.24, 2.45) is 0 Å². The molecule has 0 heterocycles. The summed E-state index contributed by atoms with van der Waals surface area (Å²) in [5.74, 6) is 0.805. The minimum absolute atomic E-state index is 0.0816. The number of halogens is 2. The number of unbranched alkanes of at least 4 members (excludes halogenated alkanes) is 1. The van der Waals surface area contributed by atoms with E-state index in [0.717, 1.165) is 24.2 Å². The molecule has 4 nitrogen and oxygen atoms in total. The van der Waals surface area contributed by atoms with Crippen molar-refractivity contribution in [2.75, 3.05) is 12.3 Å². The second kappa shape index (κ2) is 13.0. The second-order valence-corrected chi connectivity index (χ2v) is 9.37. The van der Waals surface area contributed by atoms with E-state index in [4.69, 9.17) is 23.2 Å². The molecule has 0 aliphatic rings. The summed E-state index contributed by atoms with van der Waals surface area (Å²) >= 11 is 13.7. The minimum Gasteiger partial charge on any atom is -0.354 e. The van der Waals surface area contributed by atoms with E-state index in [1.807, 2.05) is 12.1 Å². The molecule has 0 unspecified atom stereocenters. The Morgan fingerprint density at radius 3 is 2.55 bits per heavy atom. The highest BCUT2D eigenvalue weighted by atomic mass is 35.5. The maximum Gasteiger partial charge on any atom is 0.242 e. The highest BCUT2D eigenvalue weighted by Gasteiger charge is 2.26. The van der Waals surface area contributed by atoms with Crippen LogP contribution in [-0.2, 0) is 21.9 Å². The lowest BCUT2D eigenvalue weighted by Gasteiger charge is -2.29. The average Bonchev–Trinajstić information content (AvgIpc) is 2.74. The Hall–Kier alpha value is -1.69. The summed E-state index contributed by atoms with van der Waals surface area (Å²) in [6.45, 7) is 6.79. The van der Waals surface area contributed by atoms with Gasteiger partial charge in [-0.2, -0.15) is 0 Å². The first-order valence-electron chi connectivity index (χ1n) is 10.5. The highest BCUT2D eigenvalue weighted by molar-refractivity contribution is 7.99. The molecule has 1 atom stereocenters. The number of carbonyl (C=O) groups is 2. The zero-order chi connectivity index (χ0) is 22.8. The third kappa shape index (κ3) is 8.40. The van der Waals surface area contributed by atoms with Crippen molar-refractivity contribution in [3.63, 3.8) is 0 Å². The number of aryl methyl sites for hydroxylation is 1. The van der Waals surface area contributed by atoms with E-state index in [1.165, 1.54) is 11.1 Å². The van der Waals surface area contributed by atoms with Crippen LogP contribution in [0.3, 0.4) is 0 Å². The van der Waals surface area contributed by atoms with Crippen molar-refractivity contribution in [2.45, 2.75) is 52.0 Å². The minimum atomic E-state index is -0.585. The molecule has 2 amide bonds. The van der Waals surface area contributed by atoms with E-state index in [1.54, 1.807) is 35.7 Å². The second-order valence-electron chi connectivity index (χ2n) is 7.57. The first-order chi connectivity index (χ1) is 14.8. The standard InChI is InChI=1S/C24H30Cl2N2O2S/c1-4-5-11-27-24(30)18(3)28(14-19-9-10-21(25)22(26)13-19)23(29)16-31-15-20-8-6-7-17(2)12-20/h6-10,12-13,18H,4-5,11,14-16H2,1-3H3,(H,27,30)/t18-/m0/s1. The number of nitrogens with one attached hydrogen (secondary N) is 1. The number of rotatable bonds is 11. The largest absolute Gasteiger partial charge is 0.354 e. The fourth-order valence-corrected chi connectivity index (χ4v) is 4.27. The van der Waals surface area contributed by atoms with Gasteiger partial charge in [0.25, 0.3) is 0 Å². The molecule has 7 heteroatoms. The van der Waals surface area contributed by atoms with E-state index in [0.29, 0.717) is 28.9 Å². The van der Waals surface area contributed by atoms with E-state index in [9.17, 15) is 9.59 Å². The van der Waals surface area contributed by atoms with Gasteiger partial charge in [-0.1, -0.05) is 72.4 Å². The molecule has 2 aromatic carbocycles. The predicted molar refractivity (Wildman–Crippen MR) is 132 cm³/mol. The zero-order valence-corrected chi connectivity index (χ0v) is 20.6. The molecule has 0 bridgehead atoms. The molecule has 0 saturated heterocycles. The van der Waals surface area contributed by atoms with Crippen molar-refractivity contribution >= 4 is 46.8 Å². The number of nitrogens with zero attached hydrogens (tertiary/aromatic N) is 1. The lowest BCUT2D eigenvalue weighted by atomic mass is 10.1. The molecule has 31 heavy (non-hydrogen) atoms. The van der Waals surface area contributed by atoms with Gasteiger partial charge in [0.05, 0.1) is 15.8 Å². The van der Waals surface area contributed by atoms with Crippen molar-refractivity contribution < 1.29 is 9.59 Å². The van der Waals surface area contributed by atoms with Crippen LogP contribution in [0.25, 0.3) is 0 Å². The lowest BCUT2D eigenvalue weighted by molar-refractivity contribution is -0.138. The molecule has 2 aromatic rings.